The number of hydrogen-bond acceptors (Lipinski definition) is 7. The number of nitrogens with one attached hydrogen (secondary N) is 1. The van der Waals surface area contributed by atoms with Crippen LogP contribution in [0.5, 0.6) is 5.75 Å². The lowest BCUT2D eigenvalue weighted by atomic mass is 10.1. The molecule has 1 fully saturated rings. The average Bonchev–Trinajstić information content (AvgIpc) is 3.49. The molecule has 2 aromatic heterocycles. The van der Waals surface area contributed by atoms with Crippen LogP contribution in [-0.4, -0.2) is 52.5 Å². The van der Waals surface area contributed by atoms with Gasteiger partial charge in [-0.2, -0.15) is 0 Å². The van der Waals surface area contributed by atoms with Crippen LogP contribution in [0.3, 0.4) is 0 Å². The van der Waals surface area contributed by atoms with Crippen molar-refractivity contribution in [3.63, 3.8) is 0 Å². The first-order valence-corrected chi connectivity index (χ1v) is 11.1. The molecule has 1 aliphatic rings. The Hall–Kier alpha value is -2.91. The van der Waals surface area contributed by atoms with Gasteiger partial charge in [-0.1, -0.05) is 0 Å². The lowest BCUT2D eigenvalue weighted by Gasteiger charge is -2.22. The van der Waals surface area contributed by atoms with Crippen LogP contribution < -0.4 is 10.1 Å². The van der Waals surface area contributed by atoms with Gasteiger partial charge in [0.2, 0.25) is 5.91 Å². The molecule has 2 amide bonds. The fourth-order valence-electron chi connectivity index (χ4n) is 3.77. The van der Waals surface area contributed by atoms with Crippen molar-refractivity contribution in [1.82, 2.24) is 15.2 Å². The van der Waals surface area contributed by atoms with Crippen molar-refractivity contribution in [2.75, 3.05) is 19.7 Å². The van der Waals surface area contributed by atoms with Crippen molar-refractivity contribution in [1.29, 1.82) is 0 Å². The third-order valence-corrected chi connectivity index (χ3v) is 6.20. The molecular weight excluding hydrogens is 418 g/mol. The summed E-state index contributed by atoms with van der Waals surface area (Å²) in [5.41, 5.74) is 0.886. The minimum absolute atomic E-state index is 0.261. The Bertz CT molecular complexity index is 1100. The first-order valence-electron chi connectivity index (χ1n) is 10.2. The van der Waals surface area contributed by atoms with E-state index >= 15 is 0 Å². The van der Waals surface area contributed by atoms with Crippen molar-refractivity contribution < 1.29 is 23.8 Å². The number of carbonyl (C=O) groups is 2. The van der Waals surface area contributed by atoms with Crippen LogP contribution >= 0.6 is 11.3 Å². The summed E-state index contributed by atoms with van der Waals surface area (Å²) < 4.78 is 11.6. The minimum Gasteiger partial charge on any atom is -0.488 e. The third-order valence-electron chi connectivity index (χ3n) is 5.32. The van der Waals surface area contributed by atoms with Crippen molar-refractivity contribution >= 4 is 34.1 Å². The summed E-state index contributed by atoms with van der Waals surface area (Å²) in [7, 11) is 0. The predicted molar refractivity (Wildman–Crippen MR) is 116 cm³/mol. The van der Waals surface area contributed by atoms with Crippen LogP contribution in [0, 0.1) is 13.8 Å². The molecule has 1 atom stereocenters. The van der Waals surface area contributed by atoms with Crippen LogP contribution in [0.2, 0.25) is 0 Å². The highest BCUT2D eigenvalue weighted by atomic mass is 32.1. The van der Waals surface area contributed by atoms with Crippen LogP contribution in [0.4, 0.5) is 0 Å². The van der Waals surface area contributed by atoms with E-state index in [9.17, 15) is 14.7 Å². The fourth-order valence-corrected chi connectivity index (χ4v) is 4.48. The predicted octanol–water partition coefficient (Wildman–Crippen LogP) is 2.80. The minimum atomic E-state index is -0.982. The molecule has 0 unspecified atom stereocenters. The van der Waals surface area contributed by atoms with Gasteiger partial charge in [-0.3, -0.25) is 9.59 Å². The monoisotopic (exact) mass is 443 g/mol. The molecule has 0 radical (unpaired) electrons. The summed E-state index contributed by atoms with van der Waals surface area (Å²) in [6, 6.07) is 4.31. The van der Waals surface area contributed by atoms with E-state index in [1.54, 1.807) is 47.6 Å². The number of ether oxygens (including phenoxy) is 1. The molecule has 0 aliphatic carbocycles. The van der Waals surface area contributed by atoms with Gasteiger partial charge >= 0.3 is 0 Å². The number of nitrogens with zero attached hydrogens (tertiary/aromatic N) is 2. The molecule has 9 heteroatoms. The van der Waals surface area contributed by atoms with Crippen LogP contribution in [0.15, 0.2) is 28.8 Å². The number of aliphatic hydroxyl groups is 1. The SMILES string of the molecule is Cc1ncc(COc2ccc3oc(C)c(C(=O)N[C@@H](CO)C(=O)N4CCCC4)c3c2)s1. The average molecular weight is 444 g/mol. The first-order chi connectivity index (χ1) is 15.0. The van der Waals surface area contributed by atoms with E-state index in [-0.39, 0.29) is 5.91 Å². The molecule has 3 aromatic rings. The number of furan rings is 1. The number of fused-ring (bicyclic) bond motifs is 1. The lowest BCUT2D eigenvalue weighted by molar-refractivity contribution is -0.133. The number of rotatable bonds is 7. The van der Waals surface area contributed by atoms with Gasteiger partial charge in [-0.15, -0.1) is 11.3 Å². The molecule has 0 saturated carbocycles. The van der Waals surface area contributed by atoms with Crippen molar-refractivity contribution in [2.45, 2.75) is 39.3 Å². The first kappa shape index (κ1) is 21.3. The van der Waals surface area contributed by atoms with Gasteiger partial charge in [-0.05, 0) is 44.9 Å². The maximum atomic E-state index is 13.0. The Labute approximate surface area is 183 Å². The summed E-state index contributed by atoms with van der Waals surface area (Å²) in [6.45, 7) is 4.86. The van der Waals surface area contributed by atoms with E-state index in [4.69, 9.17) is 9.15 Å². The highest BCUT2D eigenvalue weighted by molar-refractivity contribution is 7.11. The molecule has 0 spiro atoms. The van der Waals surface area contributed by atoms with E-state index in [2.05, 4.69) is 10.3 Å². The van der Waals surface area contributed by atoms with E-state index in [0.717, 1.165) is 22.7 Å². The van der Waals surface area contributed by atoms with Gasteiger partial charge in [0.05, 0.1) is 22.1 Å². The second-order valence-electron chi connectivity index (χ2n) is 7.57. The molecule has 1 saturated heterocycles. The molecule has 1 aliphatic heterocycles. The Balaban J connectivity index is 1.53. The zero-order valence-corrected chi connectivity index (χ0v) is 18.3. The van der Waals surface area contributed by atoms with Gasteiger partial charge in [0.1, 0.15) is 29.7 Å². The van der Waals surface area contributed by atoms with Crippen LogP contribution in [0.25, 0.3) is 11.0 Å². The standard InChI is InChI=1S/C22H25N3O5S/c1-13-20(21(27)24-18(11-26)22(28)25-7-3-4-8-25)17-9-15(5-6-19(17)30-13)29-12-16-10-23-14(2)31-16/h5-6,9-10,18,26H,3-4,7-8,11-12H2,1-2H3,(H,24,27)/t18-/m0/s1. The Morgan fingerprint density at radius 2 is 2.10 bits per heavy atom. The Morgan fingerprint density at radius 3 is 2.77 bits per heavy atom. The smallest absolute Gasteiger partial charge is 0.256 e. The summed E-state index contributed by atoms with van der Waals surface area (Å²) in [6.07, 6.45) is 3.66. The van der Waals surface area contributed by atoms with Gasteiger partial charge in [0, 0.05) is 24.7 Å². The Kier molecular flexibility index (Phi) is 6.24. The zero-order chi connectivity index (χ0) is 22.0. The van der Waals surface area contributed by atoms with E-state index in [1.165, 1.54) is 0 Å². The van der Waals surface area contributed by atoms with Gasteiger partial charge in [0.15, 0.2) is 0 Å². The summed E-state index contributed by atoms with van der Waals surface area (Å²) in [5.74, 6) is 0.314. The second kappa shape index (κ2) is 9.07. The van der Waals surface area contributed by atoms with Crippen molar-refractivity contribution in [3.8, 4) is 5.75 Å². The van der Waals surface area contributed by atoms with Crippen LogP contribution in [0.1, 0.15) is 38.8 Å². The third kappa shape index (κ3) is 4.57. The number of hydrogen-bond donors (Lipinski definition) is 2. The number of amides is 2. The van der Waals surface area contributed by atoms with E-state index in [0.29, 0.717) is 47.7 Å². The van der Waals surface area contributed by atoms with E-state index < -0.39 is 18.6 Å². The number of benzene rings is 1. The summed E-state index contributed by atoms with van der Waals surface area (Å²) in [4.78, 5) is 32.5. The molecule has 8 nitrogen and oxygen atoms in total. The molecule has 31 heavy (non-hydrogen) atoms. The maximum Gasteiger partial charge on any atom is 0.256 e. The summed E-state index contributed by atoms with van der Waals surface area (Å²) >= 11 is 1.57. The highest BCUT2D eigenvalue weighted by Crippen LogP contribution is 2.30. The topological polar surface area (TPSA) is 105 Å². The largest absolute Gasteiger partial charge is 0.488 e. The van der Waals surface area contributed by atoms with Gasteiger partial charge in [0.25, 0.3) is 5.91 Å². The van der Waals surface area contributed by atoms with Gasteiger partial charge < -0.3 is 24.5 Å². The number of likely N-dealkylation sites (tertiary alicyclic amines) is 1. The maximum absolute atomic E-state index is 13.0. The molecular formula is C22H25N3O5S. The van der Waals surface area contributed by atoms with Crippen LogP contribution in [-0.2, 0) is 11.4 Å². The fraction of sp³-hybridized carbons (Fsp3) is 0.409. The molecule has 164 valence electrons. The normalized spacial score (nSPS) is 14.7. The molecule has 2 N–H and O–H groups in total. The molecule has 1 aromatic carbocycles. The number of aryl methyl sites for hydroxylation is 2. The second-order valence-corrected chi connectivity index (χ2v) is 8.89. The van der Waals surface area contributed by atoms with Gasteiger partial charge in [-0.25, -0.2) is 4.98 Å². The highest BCUT2D eigenvalue weighted by Gasteiger charge is 2.29. The molecule has 4 rings (SSSR count). The quantitative estimate of drug-likeness (QED) is 0.582. The number of aliphatic hydroxyl groups excluding tert-OH is 1. The number of aromatic nitrogens is 1. The van der Waals surface area contributed by atoms with Crippen molar-refractivity contribution in [3.05, 3.63) is 45.6 Å². The number of carbonyl (C=O) groups excluding carboxylic acids is 2. The molecule has 0 bridgehead atoms. The van der Waals surface area contributed by atoms with E-state index in [1.807, 2.05) is 6.92 Å². The Morgan fingerprint density at radius 1 is 1.32 bits per heavy atom. The lowest BCUT2D eigenvalue weighted by Crippen LogP contribution is -2.49. The summed E-state index contributed by atoms with van der Waals surface area (Å²) in [5, 5.41) is 13.9. The number of thiazole rings is 1. The molecule has 3 heterocycles. The zero-order valence-electron chi connectivity index (χ0n) is 17.5. The van der Waals surface area contributed by atoms with Crippen molar-refractivity contribution in [2.24, 2.45) is 0 Å².